The van der Waals surface area contributed by atoms with Crippen LogP contribution in [0.5, 0.6) is 0 Å². The molecule has 0 saturated carbocycles. The maximum absolute atomic E-state index is 13.2. The number of hydrogen-bond acceptors (Lipinski definition) is 6. The number of non-ortho nitro benzene ring substituents is 1. The van der Waals surface area contributed by atoms with Crippen molar-refractivity contribution in [2.75, 3.05) is 11.1 Å². The summed E-state index contributed by atoms with van der Waals surface area (Å²) in [6, 6.07) is 19.8. The molecular formula is C22H15ClN4O4S. The van der Waals surface area contributed by atoms with E-state index in [1.54, 1.807) is 36.4 Å². The highest BCUT2D eigenvalue weighted by Gasteiger charge is 2.16. The molecule has 4 rings (SSSR count). The summed E-state index contributed by atoms with van der Waals surface area (Å²) in [7, 11) is 0. The summed E-state index contributed by atoms with van der Waals surface area (Å²) >= 11 is 7.13. The smallest absolute Gasteiger partial charge is 0.271 e. The monoisotopic (exact) mass is 466 g/mol. The fraction of sp³-hybridized carbons (Fsp3) is 0.0455. The van der Waals surface area contributed by atoms with Gasteiger partial charge in [-0.3, -0.25) is 24.3 Å². The molecule has 0 radical (unpaired) electrons. The van der Waals surface area contributed by atoms with E-state index >= 15 is 0 Å². The van der Waals surface area contributed by atoms with Crippen LogP contribution in [-0.4, -0.2) is 26.1 Å². The Morgan fingerprint density at radius 3 is 2.56 bits per heavy atom. The number of aromatic nitrogens is 2. The van der Waals surface area contributed by atoms with Crippen LogP contribution in [0.2, 0.25) is 5.02 Å². The first-order chi connectivity index (χ1) is 15.4. The van der Waals surface area contributed by atoms with Crippen molar-refractivity contribution in [1.82, 2.24) is 9.55 Å². The molecule has 0 fully saturated rings. The summed E-state index contributed by atoms with van der Waals surface area (Å²) in [6.45, 7) is 0. The van der Waals surface area contributed by atoms with Crippen LogP contribution in [0, 0.1) is 10.1 Å². The van der Waals surface area contributed by atoms with Crippen molar-refractivity contribution in [2.45, 2.75) is 5.16 Å². The molecule has 1 heterocycles. The molecule has 1 N–H and O–H groups in total. The van der Waals surface area contributed by atoms with Crippen LogP contribution in [0.1, 0.15) is 0 Å². The van der Waals surface area contributed by atoms with Gasteiger partial charge in [0.15, 0.2) is 5.16 Å². The number of halogens is 1. The Hall–Kier alpha value is -3.69. The minimum Gasteiger partial charge on any atom is -0.324 e. The van der Waals surface area contributed by atoms with E-state index in [4.69, 9.17) is 11.6 Å². The number of carbonyl (C=O) groups excluding carboxylic acids is 1. The zero-order valence-corrected chi connectivity index (χ0v) is 18.0. The average Bonchev–Trinajstić information content (AvgIpc) is 2.79. The van der Waals surface area contributed by atoms with E-state index in [0.717, 1.165) is 11.8 Å². The van der Waals surface area contributed by atoms with Crippen LogP contribution in [-0.2, 0) is 4.79 Å². The highest BCUT2D eigenvalue weighted by molar-refractivity contribution is 7.99. The van der Waals surface area contributed by atoms with Crippen LogP contribution in [0.15, 0.2) is 82.7 Å². The van der Waals surface area contributed by atoms with Gasteiger partial charge in [0.25, 0.3) is 11.2 Å². The maximum Gasteiger partial charge on any atom is 0.271 e. The standard InChI is InChI=1S/C22H15ClN4O4S/c23-17-11-10-15(27(30)31)12-19(17)24-20(28)13-32-22-25-18-9-5-4-8-16(18)21(29)26(22)14-6-2-1-3-7-14/h1-12H,13H2,(H,24,28). The summed E-state index contributed by atoms with van der Waals surface area (Å²) in [6.07, 6.45) is 0. The molecule has 32 heavy (non-hydrogen) atoms. The lowest BCUT2D eigenvalue weighted by Crippen LogP contribution is -2.23. The van der Waals surface area contributed by atoms with Crippen molar-refractivity contribution in [1.29, 1.82) is 0 Å². The number of hydrogen-bond donors (Lipinski definition) is 1. The molecule has 0 aliphatic carbocycles. The average molecular weight is 467 g/mol. The summed E-state index contributed by atoms with van der Waals surface area (Å²) in [4.78, 5) is 40.7. The molecule has 1 aromatic heterocycles. The van der Waals surface area contributed by atoms with Crippen LogP contribution in [0.25, 0.3) is 16.6 Å². The molecule has 0 unspecified atom stereocenters. The summed E-state index contributed by atoms with van der Waals surface area (Å²) in [5, 5.41) is 14.5. The fourth-order valence-electron chi connectivity index (χ4n) is 3.05. The molecule has 1 amide bonds. The molecule has 0 aliphatic heterocycles. The number of nitrogens with zero attached hydrogens (tertiary/aromatic N) is 3. The van der Waals surface area contributed by atoms with E-state index in [0.29, 0.717) is 21.7 Å². The lowest BCUT2D eigenvalue weighted by atomic mass is 10.2. The Balaban J connectivity index is 1.63. The minimum atomic E-state index is -0.571. The zero-order valence-electron chi connectivity index (χ0n) is 16.4. The lowest BCUT2D eigenvalue weighted by Gasteiger charge is -2.13. The van der Waals surface area contributed by atoms with Gasteiger partial charge in [0.1, 0.15) is 0 Å². The third-order valence-corrected chi connectivity index (χ3v) is 5.79. The Morgan fingerprint density at radius 1 is 1.09 bits per heavy atom. The van der Waals surface area contributed by atoms with Crippen LogP contribution in [0.4, 0.5) is 11.4 Å². The first-order valence-corrected chi connectivity index (χ1v) is 10.7. The number of amides is 1. The molecule has 0 aliphatic rings. The first kappa shape index (κ1) is 21.5. The maximum atomic E-state index is 13.2. The summed E-state index contributed by atoms with van der Waals surface area (Å²) in [5.74, 6) is -0.532. The molecule has 10 heteroatoms. The van der Waals surface area contributed by atoms with Crippen LogP contribution >= 0.6 is 23.4 Å². The van der Waals surface area contributed by atoms with E-state index in [-0.39, 0.29) is 27.7 Å². The van der Waals surface area contributed by atoms with E-state index in [2.05, 4.69) is 10.3 Å². The van der Waals surface area contributed by atoms with Crippen molar-refractivity contribution in [3.05, 3.63) is 98.3 Å². The number of para-hydroxylation sites is 2. The second-order valence-corrected chi connectivity index (χ2v) is 8.00. The van der Waals surface area contributed by atoms with Gasteiger partial charge in [0.2, 0.25) is 5.91 Å². The zero-order chi connectivity index (χ0) is 22.7. The quantitative estimate of drug-likeness (QED) is 0.191. The van der Waals surface area contributed by atoms with Gasteiger partial charge in [-0.15, -0.1) is 0 Å². The van der Waals surface area contributed by atoms with Crippen LogP contribution in [0.3, 0.4) is 0 Å². The summed E-state index contributed by atoms with van der Waals surface area (Å²) < 4.78 is 1.46. The predicted octanol–water partition coefficient (Wildman–Crippen LogP) is 4.68. The van der Waals surface area contributed by atoms with E-state index < -0.39 is 10.8 Å². The van der Waals surface area contributed by atoms with Crippen molar-refractivity contribution in [2.24, 2.45) is 0 Å². The van der Waals surface area contributed by atoms with Gasteiger partial charge in [-0.05, 0) is 30.3 Å². The number of carbonyl (C=O) groups is 1. The number of anilines is 1. The fourth-order valence-corrected chi connectivity index (χ4v) is 4.03. The van der Waals surface area contributed by atoms with Gasteiger partial charge >= 0.3 is 0 Å². The number of benzene rings is 3. The molecule has 0 spiro atoms. The first-order valence-electron chi connectivity index (χ1n) is 9.38. The topological polar surface area (TPSA) is 107 Å². The molecule has 0 saturated heterocycles. The molecule has 160 valence electrons. The van der Waals surface area contributed by atoms with Crippen molar-refractivity contribution < 1.29 is 9.72 Å². The third kappa shape index (κ3) is 4.48. The van der Waals surface area contributed by atoms with Gasteiger partial charge < -0.3 is 5.32 Å². The Bertz CT molecular complexity index is 1390. The number of thioether (sulfide) groups is 1. The molecule has 0 bridgehead atoms. The van der Waals surface area contributed by atoms with Gasteiger partial charge in [-0.1, -0.05) is 53.7 Å². The van der Waals surface area contributed by atoms with Gasteiger partial charge in [0.05, 0.1) is 38.0 Å². The summed E-state index contributed by atoms with van der Waals surface area (Å²) in [5.41, 5.74) is 0.853. The van der Waals surface area contributed by atoms with Crippen molar-refractivity contribution in [3.8, 4) is 5.69 Å². The van der Waals surface area contributed by atoms with Gasteiger partial charge in [-0.2, -0.15) is 0 Å². The number of nitro groups is 1. The molecule has 0 atom stereocenters. The number of fused-ring (bicyclic) bond motifs is 1. The Morgan fingerprint density at radius 2 is 1.81 bits per heavy atom. The third-order valence-electron chi connectivity index (χ3n) is 4.53. The Labute approximate surface area is 191 Å². The van der Waals surface area contributed by atoms with Crippen molar-refractivity contribution in [3.63, 3.8) is 0 Å². The second-order valence-electron chi connectivity index (χ2n) is 6.65. The van der Waals surface area contributed by atoms with Gasteiger partial charge in [-0.25, -0.2) is 4.98 Å². The lowest BCUT2D eigenvalue weighted by molar-refractivity contribution is -0.384. The van der Waals surface area contributed by atoms with Gasteiger partial charge in [0, 0.05) is 12.1 Å². The van der Waals surface area contributed by atoms with E-state index in [1.807, 2.05) is 18.2 Å². The highest BCUT2D eigenvalue weighted by atomic mass is 35.5. The molecule has 8 nitrogen and oxygen atoms in total. The largest absolute Gasteiger partial charge is 0.324 e. The van der Waals surface area contributed by atoms with Crippen LogP contribution < -0.4 is 10.9 Å². The number of nitro benzene ring substituents is 1. The minimum absolute atomic E-state index is 0.0867. The Kier molecular flexibility index (Phi) is 6.20. The van der Waals surface area contributed by atoms with E-state index in [1.165, 1.54) is 22.8 Å². The normalized spacial score (nSPS) is 10.8. The molecular weight excluding hydrogens is 452 g/mol. The predicted molar refractivity (Wildman–Crippen MR) is 125 cm³/mol. The van der Waals surface area contributed by atoms with Crippen molar-refractivity contribution >= 4 is 51.5 Å². The SMILES string of the molecule is O=C(CSc1nc2ccccc2c(=O)n1-c1ccccc1)Nc1cc([N+](=O)[O-])ccc1Cl. The number of rotatable bonds is 6. The highest BCUT2D eigenvalue weighted by Crippen LogP contribution is 2.27. The second kappa shape index (κ2) is 9.21. The number of nitrogens with one attached hydrogen (secondary N) is 1. The molecule has 4 aromatic rings. The van der Waals surface area contributed by atoms with E-state index in [9.17, 15) is 19.7 Å². The molecule has 3 aromatic carbocycles.